The first-order valence-corrected chi connectivity index (χ1v) is 9.03. The lowest BCUT2D eigenvalue weighted by molar-refractivity contribution is -0.156. The first-order valence-electron chi connectivity index (χ1n) is 9.03. The van der Waals surface area contributed by atoms with Crippen molar-refractivity contribution < 1.29 is 17.6 Å². The van der Waals surface area contributed by atoms with Crippen LogP contribution in [0.1, 0.15) is 43.6 Å². The standard InChI is InChI=1S/C19H18F3N5O/c20-19(21,22)16-27-26-15(28-16)13-11-23-17(24-12-13)25-18(9-5-2-6-10-18)14-7-3-1-4-8-14/h1,3-4,7-8,11-12H,2,5-6,9-10H2,(H,23,24,25). The maximum atomic E-state index is 12.6. The van der Waals surface area contributed by atoms with Crippen molar-refractivity contribution in [2.45, 2.75) is 43.8 Å². The van der Waals surface area contributed by atoms with Gasteiger partial charge in [0, 0.05) is 12.4 Å². The maximum Gasteiger partial charge on any atom is 0.470 e. The van der Waals surface area contributed by atoms with Gasteiger partial charge in [0.25, 0.3) is 5.89 Å². The quantitative estimate of drug-likeness (QED) is 0.690. The molecule has 146 valence electrons. The summed E-state index contributed by atoms with van der Waals surface area (Å²) in [4.78, 5) is 8.52. The van der Waals surface area contributed by atoms with Gasteiger partial charge in [0.05, 0.1) is 11.1 Å². The predicted octanol–water partition coefficient (Wildman–Crippen LogP) is 4.82. The Hall–Kier alpha value is -2.97. The van der Waals surface area contributed by atoms with Crippen molar-refractivity contribution in [3.05, 3.63) is 54.2 Å². The van der Waals surface area contributed by atoms with Crippen molar-refractivity contribution in [2.24, 2.45) is 0 Å². The number of benzene rings is 1. The minimum absolute atomic E-state index is 0.228. The highest BCUT2D eigenvalue weighted by molar-refractivity contribution is 5.51. The van der Waals surface area contributed by atoms with E-state index in [2.05, 4.69) is 42.0 Å². The molecular formula is C19H18F3N5O. The van der Waals surface area contributed by atoms with Crippen LogP contribution in [0.4, 0.5) is 19.1 Å². The molecule has 28 heavy (non-hydrogen) atoms. The Bertz CT molecular complexity index is 919. The minimum Gasteiger partial charge on any atom is -0.413 e. The van der Waals surface area contributed by atoms with Crippen LogP contribution < -0.4 is 5.32 Å². The van der Waals surface area contributed by atoms with Crippen LogP contribution >= 0.6 is 0 Å². The average Bonchev–Trinajstić information content (AvgIpc) is 3.21. The topological polar surface area (TPSA) is 76.7 Å². The summed E-state index contributed by atoms with van der Waals surface area (Å²) in [5, 5.41) is 9.89. The van der Waals surface area contributed by atoms with Crippen LogP contribution in [0.5, 0.6) is 0 Å². The summed E-state index contributed by atoms with van der Waals surface area (Å²) in [6.07, 6.45) is 3.38. The normalized spacial score (nSPS) is 16.7. The van der Waals surface area contributed by atoms with Crippen LogP contribution in [0, 0.1) is 0 Å². The van der Waals surface area contributed by atoms with Crippen molar-refractivity contribution in [2.75, 3.05) is 5.32 Å². The second kappa shape index (κ2) is 7.21. The molecule has 1 fully saturated rings. The maximum absolute atomic E-state index is 12.6. The second-order valence-corrected chi connectivity index (χ2v) is 6.84. The molecule has 0 amide bonds. The molecule has 2 aromatic heterocycles. The van der Waals surface area contributed by atoms with Gasteiger partial charge in [-0.2, -0.15) is 13.2 Å². The van der Waals surface area contributed by atoms with Crippen LogP contribution in [0.15, 0.2) is 47.1 Å². The van der Waals surface area contributed by atoms with Gasteiger partial charge in [0.2, 0.25) is 5.95 Å². The minimum atomic E-state index is -4.68. The summed E-state index contributed by atoms with van der Waals surface area (Å²) in [6.45, 7) is 0. The van der Waals surface area contributed by atoms with E-state index in [1.165, 1.54) is 24.4 Å². The fraction of sp³-hybridized carbons (Fsp3) is 0.368. The number of rotatable bonds is 4. The van der Waals surface area contributed by atoms with E-state index < -0.39 is 12.1 Å². The van der Waals surface area contributed by atoms with Crippen LogP contribution in [-0.4, -0.2) is 20.2 Å². The molecule has 1 aliphatic rings. The predicted molar refractivity (Wildman–Crippen MR) is 95.2 cm³/mol. The Kier molecular flexibility index (Phi) is 4.74. The second-order valence-electron chi connectivity index (χ2n) is 6.84. The van der Waals surface area contributed by atoms with Gasteiger partial charge in [0.15, 0.2) is 0 Å². The summed E-state index contributed by atoms with van der Waals surface area (Å²) in [7, 11) is 0. The molecule has 0 radical (unpaired) electrons. The van der Waals surface area contributed by atoms with E-state index in [4.69, 9.17) is 0 Å². The monoisotopic (exact) mass is 389 g/mol. The highest BCUT2D eigenvalue weighted by Gasteiger charge is 2.38. The van der Waals surface area contributed by atoms with Gasteiger partial charge in [-0.3, -0.25) is 0 Å². The molecule has 4 rings (SSSR count). The van der Waals surface area contributed by atoms with Crippen molar-refractivity contribution in [3.63, 3.8) is 0 Å². The van der Waals surface area contributed by atoms with Crippen LogP contribution in [-0.2, 0) is 11.7 Å². The number of halogens is 3. The number of anilines is 1. The Morgan fingerprint density at radius 3 is 2.21 bits per heavy atom. The van der Waals surface area contributed by atoms with Gasteiger partial charge >= 0.3 is 12.1 Å². The zero-order chi connectivity index (χ0) is 19.6. The largest absolute Gasteiger partial charge is 0.470 e. The van der Waals surface area contributed by atoms with Gasteiger partial charge < -0.3 is 9.73 Å². The van der Waals surface area contributed by atoms with E-state index >= 15 is 0 Å². The molecule has 1 N–H and O–H groups in total. The summed E-state index contributed by atoms with van der Waals surface area (Å²) in [5.74, 6) is -1.26. The molecule has 0 saturated heterocycles. The molecule has 3 aromatic rings. The van der Waals surface area contributed by atoms with Gasteiger partial charge in [-0.1, -0.05) is 49.6 Å². The zero-order valence-corrected chi connectivity index (χ0v) is 14.9. The van der Waals surface area contributed by atoms with Crippen LogP contribution in [0.25, 0.3) is 11.5 Å². The van der Waals surface area contributed by atoms with Crippen molar-refractivity contribution in [1.29, 1.82) is 0 Å². The van der Waals surface area contributed by atoms with Crippen LogP contribution in [0.3, 0.4) is 0 Å². The highest BCUT2D eigenvalue weighted by Crippen LogP contribution is 2.39. The van der Waals surface area contributed by atoms with Gasteiger partial charge in [-0.25, -0.2) is 9.97 Å². The molecular weight excluding hydrogens is 371 g/mol. The zero-order valence-electron chi connectivity index (χ0n) is 14.9. The SMILES string of the molecule is FC(F)(F)c1nnc(-c2cnc(NC3(c4ccccc4)CCCCC3)nc2)o1. The molecule has 6 nitrogen and oxygen atoms in total. The molecule has 0 spiro atoms. The smallest absolute Gasteiger partial charge is 0.413 e. The fourth-order valence-corrected chi connectivity index (χ4v) is 3.57. The van der Waals surface area contributed by atoms with Crippen molar-refractivity contribution in [1.82, 2.24) is 20.2 Å². The first-order chi connectivity index (χ1) is 13.5. The molecule has 1 saturated carbocycles. The Morgan fingerprint density at radius 2 is 1.61 bits per heavy atom. The van der Waals surface area contributed by atoms with Crippen LogP contribution in [0.2, 0.25) is 0 Å². The van der Waals surface area contributed by atoms with Crippen molar-refractivity contribution in [3.8, 4) is 11.5 Å². The first kappa shape index (κ1) is 18.4. The lowest BCUT2D eigenvalue weighted by atomic mass is 9.76. The van der Waals surface area contributed by atoms with E-state index in [1.807, 2.05) is 18.2 Å². The highest BCUT2D eigenvalue weighted by atomic mass is 19.4. The number of nitrogens with zero attached hydrogens (tertiary/aromatic N) is 4. The molecule has 9 heteroatoms. The summed E-state index contributed by atoms with van der Waals surface area (Å²) < 4.78 is 42.5. The molecule has 0 unspecified atom stereocenters. The van der Waals surface area contributed by atoms with E-state index in [1.54, 1.807) is 0 Å². The number of aromatic nitrogens is 4. The summed E-state index contributed by atoms with van der Waals surface area (Å²) >= 11 is 0. The molecule has 0 aliphatic heterocycles. The third-order valence-corrected chi connectivity index (χ3v) is 4.95. The Morgan fingerprint density at radius 1 is 0.929 bits per heavy atom. The molecule has 1 aliphatic carbocycles. The number of alkyl halides is 3. The summed E-state index contributed by atoms with van der Waals surface area (Å²) in [6, 6.07) is 10.2. The average molecular weight is 389 g/mol. The van der Waals surface area contributed by atoms with E-state index in [-0.39, 0.29) is 17.0 Å². The molecule has 0 atom stereocenters. The van der Waals surface area contributed by atoms with Gasteiger partial charge in [-0.05, 0) is 18.4 Å². The summed E-state index contributed by atoms with van der Waals surface area (Å²) in [5.41, 5.74) is 1.15. The van der Waals surface area contributed by atoms with E-state index in [9.17, 15) is 13.2 Å². The lowest BCUT2D eigenvalue weighted by Crippen LogP contribution is -2.38. The third-order valence-electron chi connectivity index (χ3n) is 4.95. The van der Waals surface area contributed by atoms with E-state index in [0.717, 1.165) is 25.7 Å². The van der Waals surface area contributed by atoms with Gasteiger partial charge in [0.1, 0.15) is 0 Å². The van der Waals surface area contributed by atoms with Gasteiger partial charge in [-0.15, -0.1) is 10.2 Å². The Balaban J connectivity index is 1.57. The lowest BCUT2D eigenvalue weighted by Gasteiger charge is -2.38. The number of hydrogen-bond acceptors (Lipinski definition) is 6. The Labute approximate surface area is 159 Å². The fourth-order valence-electron chi connectivity index (χ4n) is 3.57. The van der Waals surface area contributed by atoms with Crippen molar-refractivity contribution >= 4 is 5.95 Å². The molecule has 1 aromatic carbocycles. The third kappa shape index (κ3) is 3.69. The van der Waals surface area contributed by atoms with E-state index in [0.29, 0.717) is 5.95 Å². The molecule has 0 bridgehead atoms. The number of nitrogens with one attached hydrogen (secondary N) is 1. The number of hydrogen-bond donors (Lipinski definition) is 1. The molecule has 2 heterocycles.